The van der Waals surface area contributed by atoms with Gasteiger partial charge in [0.05, 0.1) is 13.2 Å². The number of nitrogens with two attached hydrogens (primary N) is 2. The van der Waals surface area contributed by atoms with Crippen molar-refractivity contribution < 1.29 is 9.53 Å². The zero-order valence-corrected chi connectivity index (χ0v) is 15.9. The lowest BCUT2D eigenvalue weighted by molar-refractivity contribution is 0.100. The third-order valence-corrected chi connectivity index (χ3v) is 4.82. The van der Waals surface area contributed by atoms with Crippen LogP contribution in [0.2, 0.25) is 0 Å². The molecule has 4 aromatic rings. The molecule has 146 valence electrons. The van der Waals surface area contributed by atoms with Crippen LogP contribution in [-0.4, -0.2) is 23.0 Å². The van der Waals surface area contributed by atoms with Crippen molar-refractivity contribution in [2.45, 2.75) is 13.2 Å². The number of carbonyl (C=O) groups is 1. The second-order valence-corrected chi connectivity index (χ2v) is 6.78. The maximum atomic E-state index is 12.3. The first kappa shape index (κ1) is 18.7. The van der Waals surface area contributed by atoms with E-state index in [4.69, 9.17) is 16.2 Å². The number of carbonyl (C=O) groups excluding carboxylic acids is 1. The largest absolute Gasteiger partial charge is 0.375 e. The summed E-state index contributed by atoms with van der Waals surface area (Å²) in [7, 11) is 0. The van der Waals surface area contributed by atoms with Gasteiger partial charge in [0.15, 0.2) is 5.96 Å². The fourth-order valence-electron chi connectivity index (χ4n) is 3.53. The van der Waals surface area contributed by atoms with Crippen molar-refractivity contribution >= 4 is 33.7 Å². The molecular formula is C23H22N4O2. The van der Waals surface area contributed by atoms with Gasteiger partial charge in [0.1, 0.15) is 0 Å². The number of fused-ring (bicyclic) bond motifs is 3. The molecule has 0 unspecified atom stereocenters. The van der Waals surface area contributed by atoms with E-state index in [1.165, 1.54) is 0 Å². The zero-order valence-electron chi connectivity index (χ0n) is 15.9. The molecule has 0 bridgehead atoms. The summed E-state index contributed by atoms with van der Waals surface area (Å²) in [4.78, 5) is 15.9. The molecule has 3 aromatic carbocycles. The quantitative estimate of drug-likeness (QED) is 0.301. The number of amides is 1. The highest BCUT2D eigenvalue weighted by atomic mass is 16.5. The molecule has 4 N–H and O–H groups in total. The Bertz CT molecular complexity index is 1190. The summed E-state index contributed by atoms with van der Waals surface area (Å²) in [5.41, 5.74) is 14.3. The van der Waals surface area contributed by atoms with Gasteiger partial charge < -0.3 is 20.8 Å². The highest BCUT2D eigenvalue weighted by Crippen LogP contribution is 2.29. The molecule has 0 spiro atoms. The van der Waals surface area contributed by atoms with Crippen molar-refractivity contribution in [1.82, 2.24) is 4.57 Å². The number of para-hydroxylation sites is 1. The Morgan fingerprint density at radius 3 is 2.41 bits per heavy atom. The standard InChI is InChI=1S/C23H22N4O2/c24-23(25)26-22(28)17-10-11-19-18-8-4-5-9-20(18)27(21(19)14-17)12-13-29-15-16-6-2-1-3-7-16/h1-11,14H,12-13,15H2,(H4,24,25,26,28). The first-order valence-electron chi connectivity index (χ1n) is 9.40. The molecule has 1 heterocycles. The summed E-state index contributed by atoms with van der Waals surface area (Å²) in [5, 5.41) is 2.20. The maximum Gasteiger partial charge on any atom is 0.280 e. The van der Waals surface area contributed by atoms with E-state index in [9.17, 15) is 4.79 Å². The van der Waals surface area contributed by atoms with E-state index < -0.39 is 5.91 Å². The first-order chi connectivity index (χ1) is 14.1. The van der Waals surface area contributed by atoms with Gasteiger partial charge in [0, 0.05) is 33.9 Å². The van der Waals surface area contributed by atoms with Crippen LogP contribution in [0.4, 0.5) is 0 Å². The molecule has 0 aliphatic heterocycles. The number of rotatable bonds is 6. The lowest BCUT2D eigenvalue weighted by Gasteiger charge is -2.09. The Morgan fingerprint density at radius 2 is 1.62 bits per heavy atom. The molecular weight excluding hydrogens is 364 g/mol. The van der Waals surface area contributed by atoms with E-state index >= 15 is 0 Å². The van der Waals surface area contributed by atoms with Crippen LogP contribution < -0.4 is 11.5 Å². The summed E-state index contributed by atoms with van der Waals surface area (Å²) in [5.74, 6) is -0.700. The second kappa shape index (κ2) is 8.16. The van der Waals surface area contributed by atoms with Gasteiger partial charge >= 0.3 is 0 Å². The minimum atomic E-state index is -0.455. The Hall–Kier alpha value is -3.64. The SMILES string of the molecule is NC(N)=NC(=O)c1ccc2c3ccccc3n(CCOCc3ccccc3)c2c1. The van der Waals surface area contributed by atoms with Gasteiger partial charge in [0.2, 0.25) is 0 Å². The molecule has 4 rings (SSSR count). The smallest absolute Gasteiger partial charge is 0.280 e. The van der Waals surface area contributed by atoms with Crippen LogP contribution >= 0.6 is 0 Å². The maximum absolute atomic E-state index is 12.3. The van der Waals surface area contributed by atoms with Crippen LogP contribution in [0.3, 0.4) is 0 Å². The molecule has 29 heavy (non-hydrogen) atoms. The average Bonchev–Trinajstić information content (AvgIpc) is 3.04. The number of nitrogens with zero attached hydrogens (tertiary/aromatic N) is 2. The van der Waals surface area contributed by atoms with Crippen LogP contribution in [0, 0.1) is 0 Å². The Labute approximate surface area is 168 Å². The van der Waals surface area contributed by atoms with Crippen molar-refractivity contribution in [3.05, 3.63) is 83.9 Å². The molecule has 6 heteroatoms. The van der Waals surface area contributed by atoms with Gasteiger partial charge in [-0.15, -0.1) is 0 Å². The number of guanidine groups is 1. The van der Waals surface area contributed by atoms with Gasteiger partial charge in [-0.1, -0.05) is 54.6 Å². The molecule has 0 atom stereocenters. The summed E-state index contributed by atoms with van der Waals surface area (Å²) in [6, 6.07) is 23.8. The average molecular weight is 386 g/mol. The first-order valence-corrected chi connectivity index (χ1v) is 9.40. The molecule has 1 amide bonds. The third kappa shape index (κ3) is 3.97. The summed E-state index contributed by atoms with van der Waals surface area (Å²) >= 11 is 0. The summed E-state index contributed by atoms with van der Waals surface area (Å²) in [6.45, 7) is 1.78. The van der Waals surface area contributed by atoms with E-state index in [1.54, 1.807) is 6.07 Å². The number of aliphatic imine (C=N–C) groups is 1. The molecule has 0 saturated heterocycles. The monoisotopic (exact) mass is 386 g/mol. The van der Waals surface area contributed by atoms with Crippen molar-refractivity contribution in [3.8, 4) is 0 Å². The second-order valence-electron chi connectivity index (χ2n) is 6.78. The van der Waals surface area contributed by atoms with Gasteiger partial charge in [-0.25, -0.2) is 0 Å². The van der Waals surface area contributed by atoms with Crippen LogP contribution in [0.1, 0.15) is 15.9 Å². The Kier molecular flexibility index (Phi) is 5.27. The Balaban J connectivity index is 1.64. The summed E-state index contributed by atoms with van der Waals surface area (Å²) in [6.07, 6.45) is 0. The molecule has 0 aliphatic rings. The van der Waals surface area contributed by atoms with Gasteiger partial charge in [-0.3, -0.25) is 4.79 Å². The van der Waals surface area contributed by atoms with E-state index in [1.807, 2.05) is 54.6 Å². The van der Waals surface area contributed by atoms with Gasteiger partial charge in [0.25, 0.3) is 5.91 Å². The van der Waals surface area contributed by atoms with Crippen LogP contribution in [0.5, 0.6) is 0 Å². The van der Waals surface area contributed by atoms with Crippen molar-refractivity contribution in [2.24, 2.45) is 16.5 Å². The molecule has 0 aliphatic carbocycles. The molecule has 0 radical (unpaired) electrons. The number of benzene rings is 3. The van der Waals surface area contributed by atoms with E-state index in [0.29, 0.717) is 25.3 Å². The normalized spacial score (nSPS) is 11.0. The van der Waals surface area contributed by atoms with Crippen molar-refractivity contribution in [1.29, 1.82) is 0 Å². The molecule has 6 nitrogen and oxygen atoms in total. The highest BCUT2D eigenvalue weighted by Gasteiger charge is 2.13. The lowest BCUT2D eigenvalue weighted by Crippen LogP contribution is -2.24. The van der Waals surface area contributed by atoms with E-state index in [2.05, 4.69) is 21.7 Å². The fraction of sp³-hybridized carbons (Fsp3) is 0.130. The zero-order chi connectivity index (χ0) is 20.2. The van der Waals surface area contributed by atoms with Crippen molar-refractivity contribution in [3.63, 3.8) is 0 Å². The molecule has 0 fully saturated rings. The predicted octanol–water partition coefficient (Wildman–Crippen LogP) is 3.42. The molecule has 0 saturated carbocycles. The Morgan fingerprint density at radius 1 is 0.897 bits per heavy atom. The lowest BCUT2D eigenvalue weighted by atomic mass is 10.1. The highest BCUT2D eigenvalue weighted by molar-refractivity contribution is 6.11. The van der Waals surface area contributed by atoms with E-state index in [-0.39, 0.29) is 5.96 Å². The molecule has 1 aromatic heterocycles. The van der Waals surface area contributed by atoms with Crippen molar-refractivity contribution in [2.75, 3.05) is 6.61 Å². The minimum absolute atomic E-state index is 0.245. The van der Waals surface area contributed by atoms with Crippen LogP contribution in [0.25, 0.3) is 21.8 Å². The van der Waals surface area contributed by atoms with Gasteiger partial charge in [-0.05, 0) is 23.8 Å². The van der Waals surface area contributed by atoms with E-state index in [0.717, 1.165) is 27.4 Å². The van der Waals surface area contributed by atoms with Crippen LogP contribution in [-0.2, 0) is 17.9 Å². The predicted molar refractivity (Wildman–Crippen MR) is 116 cm³/mol. The number of hydrogen-bond donors (Lipinski definition) is 2. The van der Waals surface area contributed by atoms with Gasteiger partial charge in [-0.2, -0.15) is 4.99 Å². The fourth-order valence-corrected chi connectivity index (χ4v) is 3.53. The number of aromatic nitrogens is 1. The minimum Gasteiger partial charge on any atom is -0.375 e. The third-order valence-electron chi connectivity index (χ3n) is 4.82. The number of ether oxygens (including phenoxy) is 1. The topological polar surface area (TPSA) is 95.6 Å². The summed E-state index contributed by atoms with van der Waals surface area (Å²) < 4.78 is 8.05. The van der Waals surface area contributed by atoms with Crippen LogP contribution in [0.15, 0.2) is 77.8 Å². The number of hydrogen-bond acceptors (Lipinski definition) is 2.